The van der Waals surface area contributed by atoms with E-state index >= 15 is 0 Å². The predicted molar refractivity (Wildman–Crippen MR) is 133 cm³/mol. The first-order valence-corrected chi connectivity index (χ1v) is 11.0. The van der Waals surface area contributed by atoms with E-state index in [0.29, 0.717) is 0 Å². The molecule has 4 heteroatoms. The van der Waals surface area contributed by atoms with Gasteiger partial charge in [-0.3, -0.25) is 4.98 Å². The van der Waals surface area contributed by atoms with Gasteiger partial charge in [-0.2, -0.15) is 0 Å². The Morgan fingerprint density at radius 2 is 1.53 bits per heavy atom. The van der Waals surface area contributed by atoms with Crippen LogP contribution in [0.25, 0.3) is 33.1 Å². The van der Waals surface area contributed by atoms with Gasteiger partial charge in [0.05, 0.1) is 22.4 Å². The van der Waals surface area contributed by atoms with Gasteiger partial charge in [0.15, 0.2) is 0 Å². The van der Waals surface area contributed by atoms with E-state index in [1.54, 1.807) is 0 Å². The molecule has 0 fully saturated rings. The molecule has 3 aromatic carbocycles. The molecular formula is C28H28N4. The Balaban J connectivity index is 1.83. The third kappa shape index (κ3) is 3.32. The van der Waals surface area contributed by atoms with Crippen molar-refractivity contribution < 1.29 is 0 Å². The number of imidazole rings is 1. The quantitative estimate of drug-likeness (QED) is 0.332. The SMILES string of the molecule is Cn1c(=Nc2ccccc2)n(C)c2c(-c3cc(C(C)(C)C)c4ccccc4c3)nccc21. The van der Waals surface area contributed by atoms with Gasteiger partial charge in [-0.25, -0.2) is 4.99 Å². The lowest BCUT2D eigenvalue weighted by atomic mass is 9.82. The monoisotopic (exact) mass is 420 g/mol. The Bertz CT molecular complexity index is 1510. The zero-order chi connectivity index (χ0) is 22.5. The van der Waals surface area contributed by atoms with Crippen molar-refractivity contribution in [2.75, 3.05) is 0 Å². The van der Waals surface area contributed by atoms with Crippen molar-refractivity contribution >= 4 is 27.5 Å². The number of hydrogen-bond donors (Lipinski definition) is 0. The molecule has 5 aromatic rings. The van der Waals surface area contributed by atoms with Crippen LogP contribution in [0.4, 0.5) is 5.69 Å². The zero-order valence-electron chi connectivity index (χ0n) is 19.3. The fourth-order valence-electron chi connectivity index (χ4n) is 4.52. The first-order chi connectivity index (χ1) is 15.3. The summed E-state index contributed by atoms with van der Waals surface area (Å²) in [6.07, 6.45) is 1.90. The highest BCUT2D eigenvalue weighted by atomic mass is 15.2. The molecule has 0 aliphatic heterocycles. The number of pyridine rings is 1. The van der Waals surface area contributed by atoms with Crippen LogP contribution in [-0.2, 0) is 19.5 Å². The molecule has 0 amide bonds. The molecule has 5 rings (SSSR count). The van der Waals surface area contributed by atoms with E-state index in [2.05, 4.69) is 86.5 Å². The molecule has 0 bridgehead atoms. The normalized spacial score (nSPS) is 12.7. The van der Waals surface area contributed by atoms with Crippen LogP contribution in [-0.4, -0.2) is 14.1 Å². The molecule has 0 spiro atoms. The molecule has 2 aromatic heterocycles. The van der Waals surface area contributed by atoms with Gasteiger partial charge >= 0.3 is 0 Å². The van der Waals surface area contributed by atoms with E-state index in [1.165, 1.54) is 16.3 Å². The highest BCUT2D eigenvalue weighted by Gasteiger charge is 2.20. The van der Waals surface area contributed by atoms with Crippen molar-refractivity contribution in [3.8, 4) is 11.3 Å². The fourth-order valence-corrected chi connectivity index (χ4v) is 4.52. The van der Waals surface area contributed by atoms with Crippen LogP contribution >= 0.6 is 0 Å². The van der Waals surface area contributed by atoms with Gasteiger partial charge in [0, 0.05) is 25.9 Å². The molecule has 32 heavy (non-hydrogen) atoms. The van der Waals surface area contributed by atoms with Crippen molar-refractivity contribution in [1.29, 1.82) is 0 Å². The number of rotatable bonds is 2. The van der Waals surface area contributed by atoms with Crippen molar-refractivity contribution in [3.05, 3.63) is 90.2 Å². The zero-order valence-corrected chi connectivity index (χ0v) is 19.3. The second-order valence-corrected chi connectivity index (χ2v) is 9.39. The summed E-state index contributed by atoms with van der Waals surface area (Å²) in [5.74, 6) is 0. The molecular weight excluding hydrogens is 392 g/mol. The molecule has 0 saturated heterocycles. The van der Waals surface area contributed by atoms with Crippen molar-refractivity contribution in [1.82, 2.24) is 14.1 Å². The van der Waals surface area contributed by atoms with Gasteiger partial charge in [0.25, 0.3) is 0 Å². The Labute approximate surface area is 188 Å². The van der Waals surface area contributed by atoms with Gasteiger partial charge in [-0.15, -0.1) is 0 Å². The van der Waals surface area contributed by atoms with Gasteiger partial charge in [0.1, 0.15) is 0 Å². The second kappa shape index (κ2) is 7.49. The van der Waals surface area contributed by atoms with E-state index in [4.69, 9.17) is 9.98 Å². The number of aryl methyl sites for hydroxylation is 2. The molecule has 0 saturated carbocycles. The van der Waals surface area contributed by atoms with E-state index < -0.39 is 0 Å². The van der Waals surface area contributed by atoms with Crippen LogP contribution < -0.4 is 5.62 Å². The van der Waals surface area contributed by atoms with Crippen LogP contribution in [0.2, 0.25) is 0 Å². The van der Waals surface area contributed by atoms with Crippen LogP contribution in [0.5, 0.6) is 0 Å². The largest absolute Gasteiger partial charge is 0.313 e. The van der Waals surface area contributed by atoms with E-state index in [-0.39, 0.29) is 5.41 Å². The molecule has 2 heterocycles. The lowest BCUT2D eigenvalue weighted by Gasteiger charge is -2.23. The topological polar surface area (TPSA) is 35.1 Å². The minimum Gasteiger partial charge on any atom is -0.313 e. The van der Waals surface area contributed by atoms with Gasteiger partial charge in [-0.1, -0.05) is 63.2 Å². The number of hydrogen-bond acceptors (Lipinski definition) is 2. The van der Waals surface area contributed by atoms with Crippen molar-refractivity contribution in [3.63, 3.8) is 0 Å². The average molecular weight is 421 g/mol. The van der Waals surface area contributed by atoms with Crippen LogP contribution in [0.15, 0.2) is 84.0 Å². The van der Waals surface area contributed by atoms with Gasteiger partial charge in [-0.05, 0) is 52.1 Å². The number of para-hydroxylation sites is 1. The Hall–Kier alpha value is -3.66. The standard InChI is InChI=1S/C28H28N4/c1-28(2,3)23-18-20(17-19-11-9-10-14-22(19)23)25-26-24(15-16-29-25)31(4)27(32(26)5)30-21-12-7-6-8-13-21/h6-18H,1-5H3. The minimum atomic E-state index is 0.0240. The molecule has 0 aliphatic carbocycles. The van der Waals surface area contributed by atoms with Gasteiger partial charge in [0.2, 0.25) is 5.62 Å². The number of fused-ring (bicyclic) bond motifs is 2. The third-order valence-corrected chi connectivity index (χ3v) is 6.13. The van der Waals surface area contributed by atoms with E-state index in [9.17, 15) is 0 Å². The molecule has 4 nitrogen and oxygen atoms in total. The summed E-state index contributed by atoms with van der Waals surface area (Å²) >= 11 is 0. The average Bonchev–Trinajstić information content (AvgIpc) is 3.03. The Morgan fingerprint density at radius 1 is 0.812 bits per heavy atom. The number of benzene rings is 3. The summed E-state index contributed by atoms with van der Waals surface area (Å²) in [7, 11) is 4.13. The Morgan fingerprint density at radius 3 is 2.28 bits per heavy atom. The number of nitrogens with zero attached hydrogens (tertiary/aromatic N) is 4. The van der Waals surface area contributed by atoms with Crippen LogP contribution in [0.1, 0.15) is 26.3 Å². The highest BCUT2D eigenvalue weighted by molar-refractivity contribution is 5.96. The summed E-state index contributed by atoms with van der Waals surface area (Å²) in [6, 6.07) is 25.3. The molecule has 0 radical (unpaired) electrons. The lowest BCUT2D eigenvalue weighted by Crippen LogP contribution is -2.21. The minimum absolute atomic E-state index is 0.0240. The lowest BCUT2D eigenvalue weighted by molar-refractivity contribution is 0.596. The van der Waals surface area contributed by atoms with E-state index in [0.717, 1.165) is 33.6 Å². The predicted octanol–water partition coefficient (Wildman–Crippen LogP) is 6.26. The first-order valence-electron chi connectivity index (χ1n) is 11.0. The summed E-state index contributed by atoms with van der Waals surface area (Å²) in [6.45, 7) is 6.81. The maximum absolute atomic E-state index is 4.92. The molecule has 0 aliphatic rings. The first kappa shape index (κ1) is 20.3. The van der Waals surface area contributed by atoms with E-state index in [1.807, 2.05) is 36.5 Å². The molecule has 0 unspecified atom stereocenters. The molecule has 0 N–H and O–H groups in total. The summed E-state index contributed by atoms with van der Waals surface area (Å²) in [5.41, 5.74) is 7.48. The Kier molecular flexibility index (Phi) is 4.74. The molecule has 160 valence electrons. The third-order valence-electron chi connectivity index (χ3n) is 6.13. The highest BCUT2D eigenvalue weighted by Crippen LogP contribution is 2.36. The summed E-state index contributed by atoms with van der Waals surface area (Å²) in [4.78, 5) is 9.77. The smallest absolute Gasteiger partial charge is 0.210 e. The van der Waals surface area contributed by atoms with Crippen molar-refractivity contribution in [2.24, 2.45) is 19.1 Å². The van der Waals surface area contributed by atoms with Crippen molar-refractivity contribution in [2.45, 2.75) is 26.2 Å². The van der Waals surface area contributed by atoms with Gasteiger partial charge < -0.3 is 9.13 Å². The molecule has 0 atom stereocenters. The van der Waals surface area contributed by atoms with Crippen LogP contribution in [0, 0.1) is 0 Å². The maximum Gasteiger partial charge on any atom is 0.210 e. The maximum atomic E-state index is 4.92. The number of aromatic nitrogens is 3. The summed E-state index contributed by atoms with van der Waals surface area (Å²) < 4.78 is 4.29. The fraction of sp³-hybridized carbons (Fsp3) is 0.214. The second-order valence-electron chi connectivity index (χ2n) is 9.39. The summed E-state index contributed by atoms with van der Waals surface area (Å²) in [5, 5.41) is 2.54. The van der Waals surface area contributed by atoms with Crippen LogP contribution in [0.3, 0.4) is 0 Å².